The molecular weight excluding hydrogens is 259 g/mol. The number of ketones is 1. The second-order valence-electron chi connectivity index (χ2n) is 2.76. The van der Waals surface area contributed by atoms with Crippen molar-refractivity contribution in [3.8, 4) is 0 Å². The van der Waals surface area contributed by atoms with Crippen molar-refractivity contribution in [2.75, 3.05) is 0 Å². The molecule has 0 bridgehead atoms. The summed E-state index contributed by atoms with van der Waals surface area (Å²) in [7, 11) is 0. The number of benzene rings is 1. The van der Waals surface area contributed by atoms with Crippen LogP contribution in [0.5, 0.6) is 0 Å². The van der Waals surface area contributed by atoms with Crippen molar-refractivity contribution in [2.45, 2.75) is 6.92 Å². The van der Waals surface area contributed by atoms with E-state index < -0.39 is 11.7 Å². The number of carbonyl (C=O) groups is 2. The Morgan fingerprint density at radius 3 is 2.40 bits per heavy atom. The van der Waals surface area contributed by atoms with Crippen LogP contribution < -0.4 is 5.32 Å². The van der Waals surface area contributed by atoms with Crippen LogP contribution in [0.2, 0.25) is 0 Å². The molecule has 0 aliphatic rings. The Balaban J connectivity index is 2.69. The van der Waals surface area contributed by atoms with E-state index in [1.165, 1.54) is 6.92 Å². The number of carbonyl (C=O) groups excluding carboxylic acids is 2. The molecule has 1 amide bonds. The van der Waals surface area contributed by atoms with E-state index in [2.05, 4.69) is 26.3 Å². The summed E-state index contributed by atoms with van der Waals surface area (Å²) in [5.41, 5.74) is 0.704. The molecule has 0 aromatic heterocycles. The Bertz CT molecular complexity index is 401. The van der Waals surface area contributed by atoms with Gasteiger partial charge >= 0.3 is 95.3 Å². The van der Waals surface area contributed by atoms with Crippen molar-refractivity contribution in [1.82, 2.24) is 5.32 Å². The summed E-state index contributed by atoms with van der Waals surface area (Å²) in [4.78, 5) is 25.7. The van der Waals surface area contributed by atoms with E-state index in [4.69, 9.17) is 0 Å². The van der Waals surface area contributed by atoms with E-state index in [-0.39, 0.29) is 4.73 Å². The number of hydrogen-bond acceptors (Lipinski definition) is 3. The first-order chi connectivity index (χ1) is 7.09. The molecule has 1 rings (SSSR count). The molecule has 0 unspecified atom stereocenters. The number of rotatable bonds is 2. The summed E-state index contributed by atoms with van der Waals surface area (Å²) in [5, 5.41) is 2.33. The van der Waals surface area contributed by atoms with Crippen LogP contribution in [0.1, 0.15) is 6.92 Å². The molecule has 1 aromatic rings. The summed E-state index contributed by atoms with van der Waals surface area (Å²) in [6.45, 7) is 1.20. The summed E-state index contributed by atoms with van der Waals surface area (Å²) in [6, 6.07) is 9.11. The van der Waals surface area contributed by atoms with Gasteiger partial charge in [-0.1, -0.05) is 0 Å². The third-order valence-corrected chi connectivity index (χ3v) is 1.93. The standard InChI is InChI=1S/C10H9N2O2Se/c1-7(13)9(14)12-10(15)11-8-5-3-2-4-6-8/h2-6H,1H3,(H,11,12,14). The zero-order valence-electron chi connectivity index (χ0n) is 8.06. The molecule has 15 heavy (non-hydrogen) atoms. The van der Waals surface area contributed by atoms with Gasteiger partial charge in [0.2, 0.25) is 0 Å². The van der Waals surface area contributed by atoms with E-state index in [0.717, 1.165) is 0 Å². The molecule has 1 N–H and O–H groups in total. The zero-order chi connectivity index (χ0) is 11.3. The molecular formula is C10H9N2O2Se. The Morgan fingerprint density at radius 2 is 1.87 bits per heavy atom. The van der Waals surface area contributed by atoms with Gasteiger partial charge in [-0.25, -0.2) is 0 Å². The predicted molar refractivity (Wildman–Crippen MR) is 58.1 cm³/mol. The van der Waals surface area contributed by atoms with Gasteiger partial charge in [0.25, 0.3) is 0 Å². The Morgan fingerprint density at radius 1 is 1.27 bits per heavy atom. The van der Waals surface area contributed by atoms with Crippen LogP contribution in [0, 0.1) is 0 Å². The fraction of sp³-hybridized carbons (Fsp3) is 0.100. The molecule has 77 valence electrons. The minimum absolute atomic E-state index is 0.279. The van der Waals surface area contributed by atoms with Crippen LogP contribution in [0.15, 0.2) is 35.3 Å². The summed E-state index contributed by atoms with van der Waals surface area (Å²) in [5.74, 6) is -1.23. The summed E-state index contributed by atoms with van der Waals surface area (Å²) < 4.78 is 0.279. The Labute approximate surface area is 95.6 Å². The van der Waals surface area contributed by atoms with Gasteiger partial charge in [0.15, 0.2) is 0 Å². The summed E-state index contributed by atoms with van der Waals surface area (Å²) in [6.07, 6.45) is 0. The molecule has 0 spiro atoms. The number of para-hydroxylation sites is 1. The molecule has 0 atom stereocenters. The average molecular weight is 268 g/mol. The fourth-order valence-corrected chi connectivity index (χ4v) is 1.25. The van der Waals surface area contributed by atoms with Crippen molar-refractivity contribution >= 4 is 38.1 Å². The van der Waals surface area contributed by atoms with E-state index >= 15 is 0 Å². The third-order valence-electron chi connectivity index (χ3n) is 1.53. The fourth-order valence-electron chi connectivity index (χ4n) is 0.833. The Hall–Kier alpha value is -1.45. The SMILES string of the molecule is CC(=O)C(=O)NC([Se])=Nc1ccccc1. The van der Waals surface area contributed by atoms with E-state index in [0.29, 0.717) is 5.69 Å². The van der Waals surface area contributed by atoms with Gasteiger partial charge in [-0.3, -0.25) is 0 Å². The monoisotopic (exact) mass is 269 g/mol. The van der Waals surface area contributed by atoms with Gasteiger partial charge in [-0.05, 0) is 0 Å². The zero-order valence-corrected chi connectivity index (χ0v) is 9.77. The molecule has 0 aliphatic heterocycles. The maximum absolute atomic E-state index is 11.0. The van der Waals surface area contributed by atoms with Crippen LogP contribution in [0.25, 0.3) is 0 Å². The van der Waals surface area contributed by atoms with Gasteiger partial charge in [0, 0.05) is 0 Å². The third kappa shape index (κ3) is 4.06. The van der Waals surface area contributed by atoms with Gasteiger partial charge in [-0.2, -0.15) is 0 Å². The average Bonchev–Trinajstić information content (AvgIpc) is 2.18. The molecule has 0 heterocycles. The molecule has 0 saturated carbocycles. The van der Waals surface area contributed by atoms with Gasteiger partial charge in [0.05, 0.1) is 0 Å². The van der Waals surface area contributed by atoms with Crippen LogP contribution in [0.3, 0.4) is 0 Å². The van der Waals surface area contributed by atoms with Crippen molar-refractivity contribution in [2.24, 2.45) is 4.99 Å². The number of amidine groups is 1. The number of amides is 1. The number of hydrogen-bond donors (Lipinski definition) is 1. The number of aliphatic imine (C=N–C) groups is 1. The second-order valence-corrected chi connectivity index (χ2v) is 3.57. The number of Topliss-reactive ketones (excluding diaryl/α,β-unsaturated/α-hetero) is 1. The van der Waals surface area contributed by atoms with E-state index in [1.807, 2.05) is 18.2 Å². The molecule has 0 saturated heterocycles. The second kappa shape index (κ2) is 5.44. The van der Waals surface area contributed by atoms with Crippen molar-refractivity contribution in [1.29, 1.82) is 0 Å². The van der Waals surface area contributed by atoms with Crippen molar-refractivity contribution < 1.29 is 9.59 Å². The number of nitrogens with zero attached hydrogens (tertiary/aromatic N) is 1. The summed E-state index contributed by atoms with van der Waals surface area (Å²) >= 11 is 2.58. The molecule has 1 radical (unpaired) electrons. The topological polar surface area (TPSA) is 58.5 Å². The van der Waals surface area contributed by atoms with Crippen molar-refractivity contribution in [3.05, 3.63) is 30.3 Å². The van der Waals surface area contributed by atoms with Crippen molar-refractivity contribution in [3.63, 3.8) is 0 Å². The molecule has 4 nitrogen and oxygen atoms in total. The quantitative estimate of drug-likeness (QED) is 0.368. The predicted octanol–water partition coefficient (Wildman–Crippen LogP) is 0.548. The van der Waals surface area contributed by atoms with E-state index in [9.17, 15) is 9.59 Å². The maximum atomic E-state index is 11.0. The minimum atomic E-state index is -0.677. The molecule has 0 aliphatic carbocycles. The molecule has 1 aromatic carbocycles. The normalized spacial score (nSPS) is 10.9. The van der Waals surface area contributed by atoms with Gasteiger partial charge < -0.3 is 0 Å². The van der Waals surface area contributed by atoms with E-state index in [1.54, 1.807) is 12.1 Å². The first-order valence-corrected chi connectivity index (χ1v) is 5.08. The van der Waals surface area contributed by atoms with Gasteiger partial charge in [0.1, 0.15) is 0 Å². The van der Waals surface area contributed by atoms with Gasteiger partial charge in [-0.15, -0.1) is 0 Å². The molecule has 0 fully saturated rings. The molecule has 5 heteroatoms. The first kappa shape index (κ1) is 11.6. The van der Waals surface area contributed by atoms with Crippen LogP contribution >= 0.6 is 0 Å². The van der Waals surface area contributed by atoms with Crippen LogP contribution in [-0.4, -0.2) is 32.4 Å². The Kier molecular flexibility index (Phi) is 4.21. The number of nitrogens with one attached hydrogen (secondary N) is 1. The van der Waals surface area contributed by atoms with Crippen LogP contribution in [0.4, 0.5) is 5.69 Å². The first-order valence-electron chi connectivity index (χ1n) is 4.22. The van der Waals surface area contributed by atoms with Crippen LogP contribution in [-0.2, 0) is 9.59 Å².